The van der Waals surface area contributed by atoms with Crippen molar-refractivity contribution in [3.05, 3.63) is 0 Å². The molecule has 0 heterocycles. The van der Waals surface area contributed by atoms with Gasteiger partial charge in [-0.3, -0.25) is 9.59 Å². The summed E-state index contributed by atoms with van der Waals surface area (Å²) in [6.45, 7) is 6.92. The highest BCUT2D eigenvalue weighted by Gasteiger charge is 2.39. The van der Waals surface area contributed by atoms with Gasteiger partial charge in [-0.15, -0.1) is 0 Å². The third-order valence-corrected chi connectivity index (χ3v) is 5.68. The highest BCUT2D eigenvalue weighted by molar-refractivity contribution is 5.89. The van der Waals surface area contributed by atoms with Gasteiger partial charge in [-0.2, -0.15) is 0 Å². The van der Waals surface area contributed by atoms with E-state index in [1.807, 2.05) is 13.8 Å². The van der Waals surface area contributed by atoms with Gasteiger partial charge in [-0.1, -0.05) is 19.3 Å². The SMILES string of the molecule is CC(C)(O)C(=O)C1CCC(OC(C)(C)C(=O)C2CCCCC2)CC1. The highest BCUT2D eigenvalue weighted by atomic mass is 16.5. The molecule has 0 atom stereocenters. The number of carbonyl (C=O) groups is 2. The number of rotatable bonds is 6. The summed E-state index contributed by atoms with van der Waals surface area (Å²) in [5.74, 6) is 0.249. The summed E-state index contributed by atoms with van der Waals surface area (Å²) in [6, 6.07) is 0. The van der Waals surface area contributed by atoms with Crippen LogP contribution in [0.4, 0.5) is 0 Å². The zero-order valence-corrected chi connectivity index (χ0v) is 15.8. The van der Waals surface area contributed by atoms with Crippen LogP contribution in [0.1, 0.15) is 85.5 Å². The fourth-order valence-corrected chi connectivity index (χ4v) is 4.27. The van der Waals surface area contributed by atoms with E-state index in [1.165, 1.54) is 6.42 Å². The fraction of sp³-hybridized carbons (Fsp3) is 0.900. The Morgan fingerprint density at radius 2 is 1.29 bits per heavy atom. The molecular formula is C20H34O4. The Kier molecular flexibility index (Phi) is 6.24. The summed E-state index contributed by atoms with van der Waals surface area (Å²) in [5, 5.41) is 9.88. The van der Waals surface area contributed by atoms with Gasteiger partial charge in [0.2, 0.25) is 0 Å². The van der Waals surface area contributed by atoms with Crippen molar-refractivity contribution in [3.63, 3.8) is 0 Å². The summed E-state index contributed by atoms with van der Waals surface area (Å²) in [7, 11) is 0. The molecule has 0 aromatic carbocycles. The van der Waals surface area contributed by atoms with Gasteiger partial charge in [-0.25, -0.2) is 0 Å². The van der Waals surface area contributed by atoms with Gasteiger partial charge in [0.15, 0.2) is 11.6 Å². The fourth-order valence-electron chi connectivity index (χ4n) is 4.27. The van der Waals surface area contributed by atoms with E-state index in [4.69, 9.17) is 4.74 Å². The molecule has 2 fully saturated rings. The van der Waals surface area contributed by atoms with Crippen LogP contribution in [0, 0.1) is 11.8 Å². The molecule has 2 aliphatic carbocycles. The van der Waals surface area contributed by atoms with E-state index < -0.39 is 11.2 Å². The largest absolute Gasteiger partial charge is 0.383 e. The molecule has 138 valence electrons. The average Bonchev–Trinajstić information content (AvgIpc) is 2.54. The second kappa shape index (κ2) is 7.65. The first-order valence-electron chi connectivity index (χ1n) is 9.60. The Morgan fingerprint density at radius 1 is 0.792 bits per heavy atom. The summed E-state index contributed by atoms with van der Waals surface area (Å²) in [6.07, 6.45) is 8.62. The van der Waals surface area contributed by atoms with Crippen LogP contribution in [0.2, 0.25) is 0 Å². The lowest BCUT2D eigenvalue weighted by Gasteiger charge is -2.37. The van der Waals surface area contributed by atoms with Gasteiger partial charge in [0.1, 0.15) is 11.2 Å². The first-order valence-corrected chi connectivity index (χ1v) is 9.60. The third-order valence-electron chi connectivity index (χ3n) is 5.68. The Hall–Kier alpha value is -0.740. The number of aliphatic hydroxyl groups is 1. The van der Waals surface area contributed by atoms with Gasteiger partial charge in [0, 0.05) is 11.8 Å². The van der Waals surface area contributed by atoms with Crippen LogP contribution < -0.4 is 0 Å². The van der Waals surface area contributed by atoms with Crippen LogP contribution in [0.15, 0.2) is 0 Å². The van der Waals surface area contributed by atoms with Crippen molar-refractivity contribution in [1.29, 1.82) is 0 Å². The van der Waals surface area contributed by atoms with Gasteiger partial charge < -0.3 is 9.84 Å². The Labute approximate surface area is 146 Å². The first kappa shape index (κ1) is 19.6. The van der Waals surface area contributed by atoms with Crippen LogP contribution in [-0.4, -0.2) is 34.0 Å². The number of Topliss-reactive ketones (excluding diaryl/α,β-unsaturated/α-hetero) is 2. The van der Waals surface area contributed by atoms with Crippen molar-refractivity contribution in [3.8, 4) is 0 Å². The lowest BCUT2D eigenvalue weighted by atomic mass is 9.79. The molecule has 0 aliphatic heterocycles. The number of hydrogen-bond acceptors (Lipinski definition) is 4. The van der Waals surface area contributed by atoms with Gasteiger partial charge in [-0.05, 0) is 66.2 Å². The minimum Gasteiger partial charge on any atom is -0.383 e. The quantitative estimate of drug-likeness (QED) is 0.799. The van der Waals surface area contributed by atoms with E-state index in [2.05, 4.69) is 0 Å². The zero-order chi connectivity index (χ0) is 18.0. The second-order valence-electron chi connectivity index (χ2n) is 8.72. The third kappa shape index (κ3) is 4.89. The van der Waals surface area contributed by atoms with Crippen molar-refractivity contribution < 1.29 is 19.4 Å². The maximum absolute atomic E-state index is 12.8. The second-order valence-corrected chi connectivity index (χ2v) is 8.72. The number of hydrogen-bond donors (Lipinski definition) is 1. The van der Waals surface area contributed by atoms with E-state index >= 15 is 0 Å². The molecule has 4 nitrogen and oxygen atoms in total. The molecule has 1 N–H and O–H groups in total. The topological polar surface area (TPSA) is 63.6 Å². The zero-order valence-electron chi connectivity index (χ0n) is 15.8. The molecule has 4 heteroatoms. The molecule has 0 saturated heterocycles. The average molecular weight is 338 g/mol. The highest BCUT2D eigenvalue weighted by Crippen LogP contribution is 2.34. The smallest absolute Gasteiger partial charge is 0.167 e. The predicted molar refractivity (Wildman–Crippen MR) is 93.8 cm³/mol. The van der Waals surface area contributed by atoms with E-state index in [9.17, 15) is 14.7 Å². The molecular weight excluding hydrogens is 304 g/mol. The molecule has 0 radical (unpaired) electrons. The maximum atomic E-state index is 12.8. The Bertz CT molecular complexity index is 447. The summed E-state index contributed by atoms with van der Waals surface area (Å²) in [5.41, 5.74) is -1.99. The van der Waals surface area contributed by atoms with Crippen molar-refractivity contribution in [2.45, 2.75) is 103 Å². The molecule has 2 aliphatic rings. The van der Waals surface area contributed by atoms with E-state index in [0.29, 0.717) is 0 Å². The molecule has 0 unspecified atom stereocenters. The molecule has 0 aromatic heterocycles. The van der Waals surface area contributed by atoms with Gasteiger partial charge in [0.25, 0.3) is 0 Å². The molecule has 2 rings (SSSR count). The normalized spacial score (nSPS) is 27.0. The lowest BCUT2D eigenvalue weighted by Crippen LogP contribution is -2.45. The minimum atomic E-state index is -1.26. The van der Waals surface area contributed by atoms with E-state index in [-0.39, 0.29) is 29.5 Å². The van der Waals surface area contributed by atoms with Crippen LogP contribution in [0.3, 0.4) is 0 Å². The lowest BCUT2D eigenvalue weighted by molar-refractivity contribution is -0.157. The summed E-state index contributed by atoms with van der Waals surface area (Å²) >= 11 is 0. The Balaban J connectivity index is 1.86. The van der Waals surface area contributed by atoms with Crippen molar-refractivity contribution in [2.24, 2.45) is 11.8 Å². The van der Waals surface area contributed by atoms with E-state index in [1.54, 1.807) is 13.8 Å². The predicted octanol–water partition coefficient (Wildman–Crippen LogP) is 3.83. The molecule has 0 spiro atoms. The summed E-state index contributed by atoms with van der Waals surface area (Å²) < 4.78 is 6.18. The standard InChI is InChI=1S/C20H34O4/c1-19(2,23)17(21)15-10-12-16(13-11-15)24-20(3,4)18(22)14-8-6-5-7-9-14/h14-16,23H,5-13H2,1-4H3. The van der Waals surface area contributed by atoms with Crippen LogP contribution in [-0.2, 0) is 14.3 Å². The van der Waals surface area contributed by atoms with Crippen LogP contribution in [0.5, 0.6) is 0 Å². The molecule has 0 aromatic rings. The van der Waals surface area contributed by atoms with Gasteiger partial charge in [0.05, 0.1) is 6.10 Å². The van der Waals surface area contributed by atoms with Crippen molar-refractivity contribution in [1.82, 2.24) is 0 Å². The van der Waals surface area contributed by atoms with Crippen LogP contribution in [0.25, 0.3) is 0 Å². The molecule has 0 bridgehead atoms. The Morgan fingerprint density at radius 3 is 1.79 bits per heavy atom. The molecule has 0 amide bonds. The maximum Gasteiger partial charge on any atom is 0.167 e. The minimum absolute atomic E-state index is 0.0402. The first-order chi connectivity index (χ1) is 11.1. The van der Waals surface area contributed by atoms with Crippen molar-refractivity contribution in [2.75, 3.05) is 0 Å². The van der Waals surface area contributed by atoms with Gasteiger partial charge >= 0.3 is 0 Å². The number of ketones is 2. The van der Waals surface area contributed by atoms with Crippen LogP contribution >= 0.6 is 0 Å². The number of ether oxygens (including phenoxy) is 1. The summed E-state index contributed by atoms with van der Waals surface area (Å²) in [4.78, 5) is 25.0. The van der Waals surface area contributed by atoms with Crippen molar-refractivity contribution >= 4 is 11.6 Å². The number of carbonyl (C=O) groups excluding carboxylic acids is 2. The molecule has 2 saturated carbocycles. The van der Waals surface area contributed by atoms with E-state index in [0.717, 1.165) is 51.4 Å². The molecule has 24 heavy (non-hydrogen) atoms. The monoisotopic (exact) mass is 338 g/mol.